The van der Waals surface area contributed by atoms with Gasteiger partial charge in [-0.15, -0.1) is 5.10 Å². The molecule has 0 fully saturated rings. The molecule has 5 heteroatoms. The van der Waals surface area contributed by atoms with Gasteiger partial charge in [-0.05, 0) is 30.7 Å². The molecule has 5 nitrogen and oxygen atoms in total. The number of hydrogen-bond acceptors (Lipinski definition) is 3. The van der Waals surface area contributed by atoms with E-state index in [2.05, 4.69) is 15.6 Å². The molecule has 0 bridgehead atoms. The first kappa shape index (κ1) is 11.3. The van der Waals surface area contributed by atoms with Crippen molar-refractivity contribution in [3.05, 3.63) is 36.2 Å². The minimum absolute atomic E-state index is 0.0771. The highest BCUT2D eigenvalue weighted by Gasteiger charge is 2.01. The van der Waals surface area contributed by atoms with Crippen LogP contribution in [-0.2, 0) is 11.2 Å². The van der Waals surface area contributed by atoms with Crippen LogP contribution in [0.15, 0.2) is 30.5 Å². The Morgan fingerprint density at radius 3 is 2.59 bits per heavy atom. The van der Waals surface area contributed by atoms with Crippen LogP contribution < -0.4 is 5.32 Å². The second-order valence-corrected chi connectivity index (χ2v) is 3.74. The molecule has 1 aromatic carbocycles. The summed E-state index contributed by atoms with van der Waals surface area (Å²) in [6, 6.07) is 7.45. The molecule has 0 aliphatic heterocycles. The Bertz CT molecular complexity index is 516. The third-order valence-corrected chi connectivity index (χ3v) is 2.36. The highest BCUT2D eigenvalue weighted by atomic mass is 16.1. The molecule has 0 spiro atoms. The quantitative estimate of drug-likeness (QED) is 0.874. The van der Waals surface area contributed by atoms with Gasteiger partial charge >= 0.3 is 0 Å². The fourth-order valence-corrected chi connectivity index (χ4v) is 1.49. The summed E-state index contributed by atoms with van der Waals surface area (Å²) >= 11 is 0. The molecule has 1 aromatic heterocycles. The Hall–Kier alpha value is -2.17. The van der Waals surface area contributed by atoms with Gasteiger partial charge in [-0.3, -0.25) is 4.79 Å². The Labute approximate surface area is 99.5 Å². The molecular weight excluding hydrogens is 216 g/mol. The van der Waals surface area contributed by atoms with Crippen LogP contribution in [0.1, 0.15) is 19.5 Å². The zero-order valence-electron chi connectivity index (χ0n) is 9.84. The van der Waals surface area contributed by atoms with E-state index in [4.69, 9.17) is 0 Å². The topological polar surface area (TPSA) is 59.8 Å². The molecule has 1 heterocycles. The van der Waals surface area contributed by atoms with Gasteiger partial charge in [0.05, 0.1) is 17.6 Å². The van der Waals surface area contributed by atoms with Crippen molar-refractivity contribution < 1.29 is 4.79 Å². The SMILES string of the molecule is CCc1cn(-c2ccc(NC(C)=O)cc2)nn1. The van der Waals surface area contributed by atoms with Crippen molar-refractivity contribution in [3.63, 3.8) is 0 Å². The van der Waals surface area contributed by atoms with E-state index in [-0.39, 0.29) is 5.91 Å². The largest absolute Gasteiger partial charge is 0.326 e. The smallest absolute Gasteiger partial charge is 0.221 e. The number of nitrogens with zero attached hydrogens (tertiary/aromatic N) is 3. The molecule has 0 radical (unpaired) electrons. The molecule has 0 saturated heterocycles. The first-order chi connectivity index (χ1) is 8.19. The van der Waals surface area contributed by atoms with Gasteiger partial charge in [0.1, 0.15) is 0 Å². The van der Waals surface area contributed by atoms with Crippen LogP contribution in [0, 0.1) is 0 Å². The van der Waals surface area contributed by atoms with Crippen molar-refractivity contribution in [3.8, 4) is 5.69 Å². The van der Waals surface area contributed by atoms with Crippen LogP contribution in [0.4, 0.5) is 5.69 Å². The summed E-state index contributed by atoms with van der Waals surface area (Å²) in [5, 5.41) is 10.8. The van der Waals surface area contributed by atoms with Gasteiger partial charge in [0.2, 0.25) is 5.91 Å². The van der Waals surface area contributed by atoms with E-state index in [1.807, 2.05) is 37.4 Å². The average Bonchev–Trinajstić information content (AvgIpc) is 2.78. The summed E-state index contributed by atoms with van der Waals surface area (Å²) in [6.07, 6.45) is 2.76. The van der Waals surface area contributed by atoms with E-state index in [0.717, 1.165) is 23.5 Å². The molecule has 2 rings (SSSR count). The highest BCUT2D eigenvalue weighted by Crippen LogP contribution is 2.12. The van der Waals surface area contributed by atoms with Crippen molar-refractivity contribution in [1.82, 2.24) is 15.0 Å². The summed E-state index contributed by atoms with van der Waals surface area (Å²) in [5.74, 6) is -0.0771. The fraction of sp³-hybridized carbons (Fsp3) is 0.250. The number of nitrogens with one attached hydrogen (secondary N) is 1. The number of anilines is 1. The van der Waals surface area contributed by atoms with Crippen molar-refractivity contribution in [2.45, 2.75) is 20.3 Å². The second-order valence-electron chi connectivity index (χ2n) is 3.74. The van der Waals surface area contributed by atoms with Gasteiger partial charge in [0, 0.05) is 12.6 Å². The first-order valence-electron chi connectivity index (χ1n) is 5.48. The van der Waals surface area contributed by atoms with Gasteiger partial charge in [0.25, 0.3) is 0 Å². The Morgan fingerprint density at radius 2 is 2.06 bits per heavy atom. The lowest BCUT2D eigenvalue weighted by molar-refractivity contribution is -0.114. The van der Waals surface area contributed by atoms with Crippen LogP contribution in [0.25, 0.3) is 5.69 Å². The summed E-state index contributed by atoms with van der Waals surface area (Å²) in [7, 11) is 0. The van der Waals surface area contributed by atoms with Crippen molar-refractivity contribution in [2.75, 3.05) is 5.32 Å². The van der Waals surface area contributed by atoms with E-state index in [9.17, 15) is 4.79 Å². The molecule has 0 aliphatic carbocycles. The minimum Gasteiger partial charge on any atom is -0.326 e. The van der Waals surface area contributed by atoms with Gasteiger partial charge in [0.15, 0.2) is 0 Å². The maximum Gasteiger partial charge on any atom is 0.221 e. The normalized spacial score (nSPS) is 10.2. The molecule has 0 unspecified atom stereocenters. The Morgan fingerprint density at radius 1 is 1.35 bits per heavy atom. The zero-order valence-corrected chi connectivity index (χ0v) is 9.84. The maximum atomic E-state index is 10.9. The molecule has 1 N–H and O–H groups in total. The summed E-state index contributed by atoms with van der Waals surface area (Å²) in [6.45, 7) is 3.52. The van der Waals surface area contributed by atoms with E-state index >= 15 is 0 Å². The summed E-state index contributed by atoms with van der Waals surface area (Å²) in [4.78, 5) is 10.9. The minimum atomic E-state index is -0.0771. The Kier molecular flexibility index (Phi) is 3.18. The molecular formula is C12H14N4O. The second kappa shape index (κ2) is 4.78. The third kappa shape index (κ3) is 2.69. The number of aryl methyl sites for hydroxylation is 1. The number of carbonyl (C=O) groups is 1. The lowest BCUT2D eigenvalue weighted by atomic mass is 10.3. The molecule has 0 saturated carbocycles. The third-order valence-electron chi connectivity index (χ3n) is 2.36. The predicted octanol–water partition coefficient (Wildman–Crippen LogP) is 1.79. The van der Waals surface area contributed by atoms with Crippen LogP contribution in [0.3, 0.4) is 0 Å². The zero-order chi connectivity index (χ0) is 12.3. The van der Waals surface area contributed by atoms with Gasteiger partial charge in [-0.2, -0.15) is 0 Å². The summed E-state index contributed by atoms with van der Waals surface area (Å²) < 4.78 is 1.72. The van der Waals surface area contributed by atoms with E-state index in [1.165, 1.54) is 6.92 Å². The average molecular weight is 230 g/mol. The number of hydrogen-bond donors (Lipinski definition) is 1. The fourth-order valence-electron chi connectivity index (χ4n) is 1.49. The number of rotatable bonds is 3. The molecule has 88 valence electrons. The number of aromatic nitrogens is 3. The molecule has 0 aliphatic rings. The van der Waals surface area contributed by atoms with Crippen LogP contribution in [0.2, 0.25) is 0 Å². The number of carbonyl (C=O) groups excluding carboxylic acids is 1. The van der Waals surface area contributed by atoms with Crippen LogP contribution >= 0.6 is 0 Å². The monoisotopic (exact) mass is 230 g/mol. The van der Waals surface area contributed by atoms with Gasteiger partial charge < -0.3 is 5.32 Å². The van der Waals surface area contributed by atoms with Crippen molar-refractivity contribution in [1.29, 1.82) is 0 Å². The molecule has 0 atom stereocenters. The van der Waals surface area contributed by atoms with E-state index in [0.29, 0.717) is 0 Å². The first-order valence-corrected chi connectivity index (χ1v) is 5.48. The highest BCUT2D eigenvalue weighted by molar-refractivity contribution is 5.88. The van der Waals surface area contributed by atoms with Gasteiger partial charge in [-0.1, -0.05) is 12.1 Å². The predicted molar refractivity (Wildman–Crippen MR) is 65.0 cm³/mol. The van der Waals surface area contributed by atoms with E-state index < -0.39 is 0 Å². The Balaban J connectivity index is 2.19. The summed E-state index contributed by atoms with van der Waals surface area (Å²) in [5.41, 5.74) is 2.65. The molecule has 1 amide bonds. The van der Waals surface area contributed by atoms with Crippen molar-refractivity contribution in [2.24, 2.45) is 0 Å². The van der Waals surface area contributed by atoms with Crippen LogP contribution in [-0.4, -0.2) is 20.9 Å². The molecule has 2 aromatic rings. The maximum absolute atomic E-state index is 10.9. The number of benzene rings is 1. The molecule has 17 heavy (non-hydrogen) atoms. The number of amides is 1. The van der Waals surface area contributed by atoms with Gasteiger partial charge in [-0.25, -0.2) is 4.68 Å². The van der Waals surface area contributed by atoms with E-state index in [1.54, 1.807) is 4.68 Å². The standard InChI is InChI=1S/C12H14N4O/c1-3-10-8-16(15-14-10)12-6-4-11(5-7-12)13-9(2)17/h4-8H,3H2,1-2H3,(H,13,17). The van der Waals surface area contributed by atoms with Crippen molar-refractivity contribution >= 4 is 11.6 Å². The van der Waals surface area contributed by atoms with Crippen LogP contribution in [0.5, 0.6) is 0 Å². The lowest BCUT2D eigenvalue weighted by Gasteiger charge is -2.03. The lowest BCUT2D eigenvalue weighted by Crippen LogP contribution is -2.05.